The SMILES string of the molecule is [C-]1=CC=CC1.[Hf].c1ccc2[cH-]ccc2c1. The minimum absolute atomic E-state index is 0. The van der Waals surface area contributed by atoms with Crippen LogP contribution in [0.2, 0.25) is 0 Å². The summed E-state index contributed by atoms with van der Waals surface area (Å²) in [6.07, 6.45) is 10.0. The fourth-order valence-corrected chi connectivity index (χ4v) is 1.41. The Morgan fingerprint density at radius 1 is 1.13 bits per heavy atom. The third-order valence-corrected chi connectivity index (χ3v) is 2.13. The van der Waals surface area contributed by atoms with Crippen LogP contribution < -0.4 is 0 Å². The standard InChI is InChI=1S/C9H7.C5H5.Hf/c1-2-5-9-7-3-6-8(9)4-1;1-2-4-5-3-1;/h1-7H;1-3H,4H2;/q2*-1;. The number of hydrogen-bond acceptors (Lipinski definition) is 0. The molecule has 0 aliphatic heterocycles. The first-order chi connectivity index (χ1) is 6.97. The molecule has 0 spiro atoms. The Labute approximate surface area is 109 Å². The monoisotopic (exact) mass is 360 g/mol. The molecule has 0 bridgehead atoms. The zero-order chi connectivity index (χ0) is 9.64. The Bertz CT molecular complexity index is 409. The van der Waals surface area contributed by atoms with Crippen molar-refractivity contribution in [2.45, 2.75) is 6.42 Å². The van der Waals surface area contributed by atoms with E-state index >= 15 is 0 Å². The Kier molecular flexibility index (Phi) is 5.41. The van der Waals surface area contributed by atoms with Crippen LogP contribution in [0.3, 0.4) is 0 Å². The summed E-state index contributed by atoms with van der Waals surface area (Å²) in [5.74, 6) is 0. The quantitative estimate of drug-likeness (QED) is 0.495. The van der Waals surface area contributed by atoms with Gasteiger partial charge in [0.25, 0.3) is 0 Å². The van der Waals surface area contributed by atoms with Crippen molar-refractivity contribution in [3.05, 3.63) is 66.8 Å². The number of hydrogen-bond donors (Lipinski definition) is 0. The molecule has 15 heavy (non-hydrogen) atoms. The zero-order valence-corrected chi connectivity index (χ0v) is 12.1. The molecule has 2 aromatic carbocycles. The van der Waals surface area contributed by atoms with E-state index in [-0.39, 0.29) is 25.8 Å². The Morgan fingerprint density at radius 2 is 2.00 bits per heavy atom. The van der Waals surface area contributed by atoms with Gasteiger partial charge in [-0.2, -0.15) is 23.6 Å². The summed E-state index contributed by atoms with van der Waals surface area (Å²) in [5, 5.41) is 2.66. The first kappa shape index (κ1) is 12.3. The maximum Gasteiger partial charge on any atom is 0 e. The third kappa shape index (κ3) is 3.67. The molecule has 1 heteroatoms. The number of fused-ring (bicyclic) bond motifs is 1. The average Bonchev–Trinajstić information content (AvgIpc) is 2.92. The molecular weight excluding hydrogens is 347 g/mol. The van der Waals surface area contributed by atoms with Crippen LogP contribution in [-0.2, 0) is 25.8 Å². The average molecular weight is 359 g/mol. The van der Waals surface area contributed by atoms with E-state index in [0.29, 0.717) is 0 Å². The molecule has 1 aliphatic carbocycles. The minimum Gasteiger partial charge on any atom is -0.273 e. The molecule has 0 heterocycles. The first-order valence-electron chi connectivity index (χ1n) is 4.79. The van der Waals surface area contributed by atoms with Gasteiger partial charge in [0, 0.05) is 25.8 Å². The number of benzene rings is 1. The Morgan fingerprint density at radius 3 is 2.60 bits per heavy atom. The molecule has 0 radical (unpaired) electrons. The van der Waals surface area contributed by atoms with Crippen LogP contribution in [0.1, 0.15) is 6.42 Å². The summed E-state index contributed by atoms with van der Waals surface area (Å²) in [7, 11) is 0. The summed E-state index contributed by atoms with van der Waals surface area (Å²) in [6, 6.07) is 14.7. The molecule has 0 fully saturated rings. The molecule has 0 aromatic heterocycles. The largest absolute Gasteiger partial charge is 0.273 e. The number of allylic oxidation sites excluding steroid dienone is 4. The van der Waals surface area contributed by atoms with Gasteiger partial charge in [-0.25, -0.2) is 12.2 Å². The van der Waals surface area contributed by atoms with Crippen molar-refractivity contribution in [1.82, 2.24) is 0 Å². The van der Waals surface area contributed by atoms with Gasteiger partial charge in [0.1, 0.15) is 0 Å². The van der Waals surface area contributed by atoms with Gasteiger partial charge in [-0.05, 0) is 0 Å². The second kappa shape index (κ2) is 6.62. The van der Waals surface area contributed by atoms with Gasteiger partial charge in [0.15, 0.2) is 0 Å². The summed E-state index contributed by atoms with van der Waals surface area (Å²) >= 11 is 0. The van der Waals surface area contributed by atoms with Crippen molar-refractivity contribution in [2.24, 2.45) is 0 Å². The van der Waals surface area contributed by atoms with E-state index in [9.17, 15) is 0 Å². The molecule has 0 saturated heterocycles. The second-order valence-electron chi connectivity index (χ2n) is 3.16. The third-order valence-electron chi connectivity index (χ3n) is 2.13. The van der Waals surface area contributed by atoms with Crippen LogP contribution in [0.25, 0.3) is 10.8 Å². The molecule has 3 rings (SSSR count). The van der Waals surface area contributed by atoms with E-state index in [0.717, 1.165) is 6.42 Å². The van der Waals surface area contributed by atoms with Crippen molar-refractivity contribution < 1.29 is 25.8 Å². The van der Waals surface area contributed by atoms with E-state index in [1.807, 2.05) is 12.2 Å². The molecule has 0 unspecified atom stereocenters. The van der Waals surface area contributed by atoms with E-state index in [4.69, 9.17) is 0 Å². The fraction of sp³-hybridized carbons (Fsp3) is 0.0714. The topological polar surface area (TPSA) is 0 Å². The number of rotatable bonds is 0. The van der Waals surface area contributed by atoms with Crippen LogP contribution in [0.5, 0.6) is 0 Å². The van der Waals surface area contributed by atoms with Gasteiger partial charge in [-0.15, -0.1) is 36.1 Å². The van der Waals surface area contributed by atoms with Crippen LogP contribution in [0, 0.1) is 6.08 Å². The molecule has 2 aromatic rings. The predicted molar refractivity (Wildman–Crippen MR) is 61.1 cm³/mol. The van der Waals surface area contributed by atoms with Crippen LogP contribution in [-0.4, -0.2) is 0 Å². The van der Waals surface area contributed by atoms with Gasteiger partial charge in [0.2, 0.25) is 0 Å². The molecule has 0 amide bonds. The second-order valence-corrected chi connectivity index (χ2v) is 3.16. The summed E-state index contributed by atoms with van der Waals surface area (Å²) in [6.45, 7) is 0. The molecule has 1 aliphatic rings. The molecule has 74 valence electrons. The van der Waals surface area contributed by atoms with Crippen molar-refractivity contribution in [3.63, 3.8) is 0 Å². The molecule has 0 N–H and O–H groups in total. The maximum atomic E-state index is 2.99. The van der Waals surface area contributed by atoms with E-state index in [1.54, 1.807) is 0 Å². The van der Waals surface area contributed by atoms with Crippen LogP contribution >= 0.6 is 0 Å². The van der Waals surface area contributed by atoms with Crippen molar-refractivity contribution >= 4 is 10.8 Å². The van der Waals surface area contributed by atoms with E-state index < -0.39 is 0 Å². The van der Waals surface area contributed by atoms with Gasteiger partial charge >= 0.3 is 0 Å². The van der Waals surface area contributed by atoms with Crippen LogP contribution in [0.4, 0.5) is 0 Å². The Hall–Kier alpha value is -0.820. The first-order valence-corrected chi connectivity index (χ1v) is 4.79. The van der Waals surface area contributed by atoms with Crippen LogP contribution in [0.15, 0.2) is 60.7 Å². The summed E-state index contributed by atoms with van der Waals surface area (Å²) < 4.78 is 0. The smallest absolute Gasteiger partial charge is 0 e. The van der Waals surface area contributed by atoms with E-state index in [2.05, 4.69) is 54.6 Å². The maximum absolute atomic E-state index is 2.99. The normalized spacial score (nSPS) is 12.0. The van der Waals surface area contributed by atoms with E-state index in [1.165, 1.54) is 10.8 Å². The molecule has 0 saturated carbocycles. The van der Waals surface area contributed by atoms with Crippen molar-refractivity contribution in [1.29, 1.82) is 0 Å². The van der Waals surface area contributed by atoms with Gasteiger partial charge in [-0.1, -0.05) is 6.07 Å². The summed E-state index contributed by atoms with van der Waals surface area (Å²) in [5.41, 5.74) is 0. The van der Waals surface area contributed by atoms with Gasteiger partial charge in [-0.3, -0.25) is 6.08 Å². The molecule has 0 atom stereocenters. The van der Waals surface area contributed by atoms with Crippen molar-refractivity contribution in [2.75, 3.05) is 0 Å². The van der Waals surface area contributed by atoms with Gasteiger partial charge in [0.05, 0.1) is 0 Å². The zero-order valence-electron chi connectivity index (χ0n) is 8.48. The Balaban J connectivity index is 0.000000162. The molecule has 0 nitrogen and oxygen atoms in total. The van der Waals surface area contributed by atoms with Gasteiger partial charge < -0.3 is 0 Å². The summed E-state index contributed by atoms with van der Waals surface area (Å²) in [4.78, 5) is 0. The minimum atomic E-state index is 0. The fourth-order valence-electron chi connectivity index (χ4n) is 1.41. The van der Waals surface area contributed by atoms with Crippen molar-refractivity contribution in [3.8, 4) is 0 Å². The molecular formula is C14H12Hf-2. The predicted octanol–water partition coefficient (Wildman–Crippen LogP) is 3.86.